The molecule has 2 amide bonds. The van der Waals surface area contributed by atoms with Crippen LogP contribution in [0.15, 0.2) is 24.3 Å². The van der Waals surface area contributed by atoms with Crippen LogP contribution < -0.4 is 11.1 Å². The van der Waals surface area contributed by atoms with Crippen molar-refractivity contribution in [3.8, 4) is 0 Å². The monoisotopic (exact) mass is 436 g/mol. The number of nitrogens with one attached hydrogen (secondary N) is 1. The molecule has 1 atom stereocenters. The van der Waals surface area contributed by atoms with Crippen molar-refractivity contribution in [1.29, 1.82) is 0 Å². The van der Waals surface area contributed by atoms with Crippen LogP contribution in [0.25, 0.3) is 0 Å². The quantitative estimate of drug-likeness (QED) is 0.683. The molecule has 1 heterocycles. The molecule has 28 heavy (non-hydrogen) atoms. The van der Waals surface area contributed by atoms with Crippen molar-refractivity contribution in [2.45, 2.75) is 26.3 Å². The van der Waals surface area contributed by atoms with Gasteiger partial charge in [0.05, 0.1) is 11.6 Å². The number of benzene rings is 1. The predicted octanol–water partition coefficient (Wildman–Crippen LogP) is 1.92. The average molecular weight is 437 g/mol. The molecule has 0 bridgehead atoms. The summed E-state index contributed by atoms with van der Waals surface area (Å²) in [5.74, 6) is -0.508. The third-order valence-electron chi connectivity index (χ3n) is 4.56. The Bertz CT molecular complexity index is 626. The van der Waals surface area contributed by atoms with Crippen LogP contribution in [-0.2, 0) is 4.79 Å². The zero-order valence-corrected chi connectivity index (χ0v) is 18.0. The van der Waals surface area contributed by atoms with Crippen molar-refractivity contribution in [2.24, 2.45) is 11.7 Å². The summed E-state index contributed by atoms with van der Waals surface area (Å²) in [6.45, 7) is 8.00. The first-order valence-electron chi connectivity index (χ1n) is 9.18. The van der Waals surface area contributed by atoms with Gasteiger partial charge < -0.3 is 16.0 Å². The highest BCUT2D eigenvalue weighted by molar-refractivity contribution is 5.94. The molecule has 0 unspecified atom stereocenters. The number of nitrogens with zero attached hydrogens (tertiary/aromatic N) is 2. The van der Waals surface area contributed by atoms with Gasteiger partial charge in [-0.2, -0.15) is 0 Å². The molecule has 6 nitrogen and oxygen atoms in total. The van der Waals surface area contributed by atoms with E-state index in [9.17, 15) is 14.0 Å². The van der Waals surface area contributed by atoms with Crippen molar-refractivity contribution in [3.05, 3.63) is 35.6 Å². The number of carbonyl (C=O) groups is 2. The molecule has 160 valence electrons. The molecule has 1 fully saturated rings. The molecule has 0 aromatic heterocycles. The molecular formula is C19H31Cl2FN4O2. The third-order valence-corrected chi connectivity index (χ3v) is 4.56. The van der Waals surface area contributed by atoms with E-state index in [0.29, 0.717) is 38.5 Å². The van der Waals surface area contributed by atoms with Crippen molar-refractivity contribution in [1.82, 2.24) is 15.1 Å². The molecule has 0 radical (unpaired) electrons. The van der Waals surface area contributed by atoms with Gasteiger partial charge in [-0.05, 0) is 24.5 Å². The Morgan fingerprint density at radius 2 is 1.75 bits per heavy atom. The second-order valence-electron chi connectivity index (χ2n) is 7.14. The average Bonchev–Trinajstić information content (AvgIpc) is 2.61. The van der Waals surface area contributed by atoms with Crippen LogP contribution in [0, 0.1) is 11.7 Å². The Balaban J connectivity index is 0.00000364. The number of rotatable bonds is 7. The van der Waals surface area contributed by atoms with Gasteiger partial charge in [0.25, 0.3) is 5.91 Å². The lowest BCUT2D eigenvalue weighted by atomic mass is 10.0. The highest BCUT2D eigenvalue weighted by Gasteiger charge is 2.25. The topological polar surface area (TPSA) is 78.7 Å². The van der Waals surface area contributed by atoms with Gasteiger partial charge in [0.15, 0.2) is 0 Å². The summed E-state index contributed by atoms with van der Waals surface area (Å²) in [6.07, 6.45) is 0.696. The fourth-order valence-electron chi connectivity index (χ4n) is 3.10. The van der Waals surface area contributed by atoms with E-state index in [1.807, 2.05) is 4.90 Å². The molecule has 0 aliphatic carbocycles. The zero-order chi connectivity index (χ0) is 19.1. The lowest BCUT2D eigenvalue weighted by molar-refractivity contribution is -0.134. The van der Waals surface area contributed by atoms with Crippen molar-refractivity contribution in [3.63, 3.8) is 0 Å². The molecule has 0 spiro atoms. The van der Waals surface area contributed by atoms with Crippen LogP contribution in [0.3, 0.4) is 0 Å². The van der Waals surface area contributed by atoms with E-state index in [1.165, 1.54) is 12.1 Å². The minimum atomic E-state index is -0.519. The number of carbonyl (C=O) groups excluding carboxylic acids is 2. The first-order valence-corrected chi connectivity index (χ1v) is 9.18. The lowest BCUT2D eigenvalue weighted by Gasteiger charge is -2.36. The first-order chi connectivity index (χ1) is 12.4. The summed E-state index contributed by atoms with van der Waals surface area (Å²) >= 11 is 0. The molecule has 9 heteroatoms. The molecular weight excluding hydrogens is 406 g/mol. The Morgan fingerprint density at radius 1 is 1.14 bits per heavy atom. The van der Waals surface area contributed by atoms with Gasteiger partial charge in [0.1, 0.15) is 5.82 Å². The third kappa shape index (κ3) is 7.91. The Labute approximate surface area is 178 Å². The summed E-state index contributed by atoms with van der Waals surface area (Å²) in [7, 11) is 0. The molecule has 1 aromatic carbocycles. The number of nitrogens with two attached hydrogens (primary N) is 1. The predicted molar refractivity (Wildman–Crippen MR) is 114 cm³/mol. The maximum atomic E-state index is 13.6. The Kier molecular flexibility index (Phi) is 12.3. The molecule has 1 aliphatic heterocycles. The van der Waals surface area contributed by atoms with E-state index in [4.69, 9.17) is 5.73 Å². The van der Waals surface area contributed by atoms with Gasteiger partial charge >= 0.3 is 0 Å². The van der Waals surface area contributed by atoms with Gasteiger partial charge in [0, 0.05) is 39.3 Å². The number of piperazine rings is 1. The maximum absolute atomic E-state index is 13.6. The van der Waals surface area contributed by atoms with Crippen LogP contribution in [0.4, 0.5) is 4.39 Å². The van der Waals surface area contributed by atoms with Crippen molar-refractivity contribution in [2.75, 3.05) is 39.3 Å². The van der Waals surface area contributed by atoms with Crippen LogP contribution in [-0.4, -0.2) is 66.9 Å². The van der Waals surface area contributed by atoms with Crippen LogP contribution in [0.1, 0.15) is 30.6 Å². The van der Waals surface area contributed by atoms with E-state index in [2.05, 4.69) is 24.1 Å². The number of halogens is 3. The van der Waals surface area contributed by atoms with Crippen LogP contribution in [0.5, 0.6) is 0 Å². The molecule has 1 saturated heterocycles. The highest BCUT2D eigenvalue weighted by Crippen LogP contribution is 2.09. The van der Waals surface area contributed by atoms with E-state index >= 15 is 0 Å². The molecule has 0 saturated carbocycles. The molecule has 1 aliphatic rings. The minimum Gasteiger partial charge on any atom is -0.351 e. The van der Waals surface area contributed by atoms with Crippen LogP contribution in [0.2, 0.25) is 0 Å². The second-order valence-corrected chi connectivity index (χ2v) is 7.14. The normalized spacial score (nSPS) is 15.4. The number of hydrogen-bond donors (Lipinski definition) is 2. The Hall–Kier alpha value is -1.41. The van der Waals surface area contributed by atoms with Gasteiger partial charge in [-0.25, -0.2) is 4.39 Å². The maximum Gasteiger partial charge on any atom is 0.254 e. The fourth-order valence-corrected chi connectivity index (χ4v) is 3.10. The minimum absolute atomic E-state index is 0. The van der Waals surface area contributed by atoms with E-state index in [-0.39, 0.29) is 36.3 Å². The van der Waals surface area contributed by atoms with Crippen molar-refractivity contribution >= 4 is 36.6 Å². The van der Waals surface area contributed by atoms with Gasteiger partial charge in [-0.15, -0.1) is 24.8 Å². The van der Waals surface area contributed by atoms with E-state index < -0.39 is 17.8 Å². The lowest BCUT2D eigenvalue weighted by Crippen LogP contribution is -2.54. The van der Waals surface area contributed by atoms with E-state index in [0.717, 1.165) is 13.1 Å². The Morgan fingerprint density at radius 3 is 2.32 bits per heavy atom. The summed E-state index contributed by atoms with van der Waals surface area (Å²) in [5, 5.41) is 2.74. The smallest absolute Gasteiger partial charge is 0.254 e. The largest absolute Gasteiger partial charge is 0.351 e. The standard InChI is InChI=1S/C19H29FN4O2.2ClH/c1-14(2)13-17(21)19(26)24-11-9-23(10-12-24)8-7-22-18(25)15-5-3-4-6-16(15)20;;/h3-6,14,17H,7-13,21H2,1-2H3,(H,22,25);2*1H/t17-;;/m0../s1. The van der Waals surface area contributed by atoms with Gasteiger partial charge in [-0.3, -0.25) is 14.5 Å². The number of hydrogen-bond acceptors (Lipinski definition) is 4. The molecule has 3 N–H and O–H groups in total. The summed E-state index contributed by atoms with van der Waals surface area (Å²) in [4.78, 5) is 28.3. The van der Waals surface area contributed by atoms with E-state index in [1.54, 1.807) is 12.1 Å². The summed E-state index contributed by atoms with van der Waals surface area (Å²) in [5.41, 5.74) is 6.04. The second kappa shape index (κ2) is 12.9. The number of amides is 2. The van der Waals surface area contributed by atoms with Crippen LogP contribution >= 0.6 is 24.8 Å². The first kappa shape index (κ1) is 26.6. The molecule has 1 aromatic rings. The summed E-state index contributed by atoms with van der Waals surface area (Å²) in [6, 6.07) is 5.50. The molecule has 2 rings (SSSR count). The summed E-state index contributed by atoms with van der Waals surface area (Å²) < 4.78 is 13.6. The van der Waals surface area contributed by atoms with Gasteiger partial charge in [0.2, 0.25) is 5.91 Å². The van der Waals surface area contributed by atoms with Crippen molar-refractivity contribution < 1.29 is 14.0 Å². The fraction of sp³-hybridized carbons (Fsp3) is 0.579. The zero-order valence-electron chi connectivity index (χ0n) is 16.4. The SMILES string of the molecule is CC(C)C[C@H](N)C(=O)N1CCN(CCNC(=O)c2ccccc2F)CC1.Cl.Cl. The van der Waals surface area contributed by atoms with Gasteiger partial charge in [-0.1, -0.05) is 26.0 Å². The highest BCUT2D eigenvalue weighted by atomic mass is 35.5.